The Balaban J connectivity index is 1.33. The third-order valence-electron chi connectivity index (χ3n) is 4.22. The van der Waals surface area contributed by atoms with E-state index < -0.39 is 0 Å². The van der Waals surface area contributed by atoms with Crippen molar-refractivity contribution in [3.05, 3.63) is 54.2 Å². The third-order valence-corrected chi connectivity index (χ3v) is 4.22. The molecule has 4 rings (SSSR count). The van der Waals surface area contributed by atoms with Gasteiger partial charge in [-0.1, -0.05) is 0 Å². The number of hydrogen-bond donors (Lipinski definition) is 2. The van der Waals surface area contributed by atoms with E-state index in [-0.39, 0.29) is 6.79 Å². The second kappa shape index (κ2) is 8.55. The number of ether oxygens (including phenoxy) is 4. The zero-order valence-corrected chi connectivity index (χ0v) is 16.3. The molecule has 29 heavy (non-hydrogen) atoms. The molecule has 8 nitrogen and oxygen atoms in total. The Kier molecular flexibility index (Phi) is 5.51. The molecular formula is C21H22N4O4. The van der Waals surface area contributed by atoms with Crippen LogP contribution in [0.2, 0.25) is 0 Å². The van der Waals surface area contributed by atoms with Crippen LogP contribution in [0.5, 0.6) is 23.0 Å². The largest absolute Gasteiger partial charge is 0.497 e. The first kappa shape index (κ1) is 18.7. The van der Waals surface area contributed by atoms with Crippen molar-refractivity contribution in [3.63, 3.8) is 0 Å². The minimum Gasteiger partial charge on any atom is -0.497 e. The van der Waals surface area contributed by atoms with Crippen molar-refractivity contribution in [1.82, 2.24) is 9.97 Å². The van der Waals surface area contributed by atoms with Crippen molar-refractivity contribution in [2.24, 2.45) is 0 Å². The predicted molar refractivity (Wildman–Crippen MR) is 110 cm³/mol. The summed E-state index contributed by atoms with van der Waals surface area (Å²) < 4.78 is 21.6. The summed E-state index contributed by atoms with van der Waals surface area (Å²) in [6, 6.07) is 15.0. The highest BCUT2D eigenvalue weighted by Crippen LogP contribution is 2.34. The number of aryl methyl sites for hydroxylation is 1. The van der Waals surface area contributed by atoms with Gasteiger partial charge < -0.3 is 29.6 Å². The molecule has 0 atom stereocenters. The maximum absolute atomic E-state index is 5.72. The highest BCUT2D eigenvalue weighted by atomic mass is 16.7. The molecule has 1 aliphatic heterocycles. The zero-order valence-electron chi connectivity index (χ0n) is 16.3. The average Bonchev–Trinajstić information content (AvgIpc) is 3.19. The molecule has 2 aromatic carbocycles. The number of methoxy groups -OCH3 is 1. The molecule has 150 valence electrons. The number of rotatable bonds is 8. The van der Waals surface area contributed by atoms with Crippen LogP contribution in [0.25, 0.3) is 0 Å². The van der Waals surface area contributed by atoms with Gasteiger partial charge in [-0.2, -0.15) is 4.98 Å². The first-order valence-electron chi connectivity index (χ1n) is 9.23. The summed E-state index contributed by atoms with van der Waals surface area (Å²) in [6.07, 6.45) is 0. The molecule has 0 bridgehead atoms. The van der Waals surface area contributed by atoms with Crippen LogP contribution < -0.4 is 29.6 Å². The molecule has 2 N–H and O–H groups in total. The van der Waals surface area contributed by atoms with E-state index in [1.807, 2.05) is 55.5 Å². The van der Waals surface area contributed by atoms with E-state index in [0.29, 0.717) is 24.8 Å². The summed E-state index contributed by atoms with van der Waals surface area (Å²) in [4.78, 5) is 8.95. The Morgan fingerprint density at radius 2 is 1.76 bits per heavy atom. The van der Waals surface area contributed by atoms with Crippen LogP contribution in [-0.4, -0.2) is 37.0 Å². The first-order chi connectivity index (χ1) is 14.2. The number of nitrogens with zero attached hydrogens (tertiary/aromatic N) is 2. The quantitative estimate of drug-likeness (QED) is 0.559. The Labute approximate surface area is 168 Å². The van der Waals surface area contributed by atoms with Gasteiger partial charge in [0.2, 0.25) is 12.7 Å². The van der Waals surface area contributed by atoms with Gasteiger partial charge in [-0.15, -0.1) is 0 Å². The van der Waals surface area contributed by atoms with Gasteiger partial charge in [-0.3, -0.25) is 0 Å². The Hall–Kier alpha value is -3.68. The standard InChI is InChI=1S/C21H22N4O4/c1-14-11-20(22-9-10-27-17-6-4-16(26-2)5-7-17)25-21(23-14)24-15-3-8-18-19(12-15)29-13-28-18/h3-8,11-12H,9-10,13H2,1-2H3,(H2,22,23,24,25). The molecule has 0 fully saturated rings. The summed E-state index contributed by atoms with van der Waals surface area (Å²) >= 11 is 0. The van der Waals surface area contributed by atoms with Gasteiger partial charge in [-0.25, -0.2) is 4.98 Å². The molecule has 0 saturated heterocycles. The number of anilines is 3. The van der Waals surface area contributed by atoms with Crippen LogP contribution in [0, 0.1) is 6.92 Å². The Morgan fingerprint density at radius 1 is 0.966 bits per heavy atom. The molecule has 2 heterocycles. The number of aromatic nitrogens is 2. The predicted octanol–water partition coefficient (Wildman–Crippen LogP) is 3.76. The van der Waals surface area contributed by atoms with Crippen LogP contribution in [0.3, 0.4) is 0 Å². The van der Waals surface area contributed by atoms with Crippen molar-refractivity contribution in [3.8, 4) is 23.0 Å². The lowest BCUT2D eigenvalue weighted by Crippen LogP contribution is -2.13. The highest BCUT2D eigenvalue weighted by molar-refractivity contribution is 5.61. The Bertz CT molecular complexity index is 979. The molecular weight excluding hydrogens is 372 g/mol. The van der Waals surface area contributed by atoms with E-state index in [4.69, 9.17) is 18.9 Å². The molecule has 8 heteroatoms. The van der Waals surface area contributed by atoms with E-state index in [2.05, 4.69) is 20.6 Å². The van der Waals surface area contributed by atoms with E-state index in [1.54, 1.807) is 7.11 Å². The second-order valence-electron chi connectivity index (χ2n) is 6.36. The van der Waals surface area contributed by atoms with E-state index in [9.17, 15) is 0 Å². The van der Waals surface area contributed by atoms with E-state index >= 15 is 0 Å². The van der Waals surface area contributed by atoms with Gasteiger partial charge in [0.05, 0.1) is 13.7 Å². The highest BCUT2D eigenvalue weighted by Gasteiger charge is 2.13. The SMILES string of the molecule is COc1ccc(OCCNc2cc(C)nc(Nc3ccc4c(c3)OCO4)n2)cc1. The first-order valence-corrected chi connectivity index (χ1v) is 9.23. The minimum atomic E-state index is 0.242. The average molecular weight is 394 g/mol. The van der Waals surface area contributed by atoms with Gasteiger partial charge in [0, 0.05) is 23.5 Å². The van der Waals surface area contributed by atoms with Crippen LogP contribution in [0.1, 0.15) is 5.69 Å². The molecule has 1 aliphatic rings. The summed E-state index contributed by atoms with van der Waals surface area (Å²) in [5, 5.41) is 6.46. The second-order valence-corrected chi connectivity index (χ2v) is 6.36. The minimum absolute atomic E-state index is 0.242. The van der Waals surface area contributed by atoms with Crippen molar-refractivity contribution >= 4 is 17.5 Å². The van der Waals surface area contributed by atoms with Gasteiger partial charge >= 0.3 is 0 Å². The lowest BCUT2D eigenvalue weighted by molar-refractivity contribution is 0.174. The molecule has 0 spiro atoms. The fraction of sp³-hybridized carbons (Fsp3) is 0.238. The molecule has 0 amide bonds. The Morgan fingerprint density at radius 3 is 2.59 bits per heavy atom. The summed E-state index contributed by atoms with van der Waals surface area (Å²) in [5.41, 5.74) is 1.68. The topological polar surface area (TPSA) is 86.8 Å². The summed E-state index contributed by atoms with van der Waals surface area (Å²) in [7, 11) is 1.64. The van der Waals surface area contributed by atoms with E-state index in [1.165, 1.54) is 0 Å². The third kappa shape index (κ3) is 4.78. The molecule has 0 saturated carbocycles. The van der Waals surface area contributed by atoms with Gasteiger partial charge in [0.25, 0.3) is 0 Å². The van der Waals surface area contributed by atoms with Crippen molar-refractivity contribution in [1.29, 1.82) is 0 Å². The maximum atomic E-state index is 5.72. The van der Waals surface area contributed by atoms with Crippen molar-refractivity contribution in [2.75, 3.05) is 37.7 Å². The molecule has 0 aliphatic carbocycles. The lowest BCUT2D eigenvalue weighted by Gasteiger charge is -2.11. The zero-order chi connectivity index (χ0) is 20.1. The van der Waals surface area contributed by atoms with Crippen LogP contribution in [-0.2, 0) is 0 Å². The smallest absolute Gasteiger partial charge is 0.231 e. The van der Waals surface area contributed by atoms with Crippen molar-refractivity contribution in [2.45, 2.75) is 6.92 Å². The van der Waals surface area contributed by atoms with Crippen molar-refractivity contribution < 1.29 is 18.9 Å². The number of hydrogen-bond acceptors (Lipinski definition) is 8. The van der Waals surface area contributed by atoms with Crippen LogP contribution in [0.15, 0.2) is 48.5 Å². The molecule has 0 radical (unpaired) electrons. The molecule has 0 unspecified atom stereocenters. The van der Waals surface area contributed by atoms with Gasteiger partial charge in [-0.05, 0) is 43.3 Å². The van der Waals surface area contributed by atoms with E-state index in [0.717, 1.165) is 34.4 Å². The summed E-state index contributed by atoms with van der Waals surface area (Å²) in [5.74, 6) is 4.25. The number of benzene rings is 2. The number of fused-ring (bicyclic) bond motifs is 1. The maximum Gasteiger partial charge on any atom is 0.231 e. The van der Waals surface area contributed by atoms with Crippen LogP contribution >= 0.6 is 0 Å². The lowest BCUT2D eigenvalue weighted by atomic mass is 10.3. The fourth-order valence-corrected chi connectivity index (χ4v) is 2.84. The normalized spacial score (nSPS) is 11.8. The van der Waals surface area contributed by atoms with Crippen LogP contribution in [0.4, 0.5) is 17.5 Å². The molecule has 3 aromatic rings. The molecule has 1 aromatic heterocycles. The fourth-order valence-electron chi connectivity index (χ4n) is 2.84. The number of nitrogens with one attached hydrogen (secondary N) is 2. The summed E-state index contributed by atoms with van der Waals surface area (Å²) in [6.45, 7) is 3.27. The monoisotopic (exact) mass is 394 g/mol. The van der Waals surface area contributed by atoms with Gasteiger partial charge in [0.1, 0.15) is 23.9 Å². The van der Waals surface area contributed by atoms with Gasteiger partial charge in [0.15, 0.2) is 11.5 Å².